The summed E-state index contributed by atoms with van der Waals surface area (Å²) in [6.45, 7) is 1.18. The molecule has 3 atom stereocenters. The van der Waals surface area contributed by atoms with Gasteiger partial charge in [0.25, 0.3) is 0 Å². The number of aromatic hydroxyl groups is 2. The number of phenols is 2. The molecule has 7 heteroatoms. The number of carbonyl (C=O) groups excluding carboxylic acids is 1. The molecular formula is C21H22ClNO5. The Balaban J connectivity index is 1.82. The lowest BCUT2D eigenvalue weighted by molar-refractivity contribution is 0.0592. The molecule has 6 nitrogen and oxygen atoms in total. The molecule has 0 amide bonds. The number of hydrogen-bond donors (Lipinski definition) is 3. The predicted molar refractivity (Wildman–Crippen MR) is 104 cm³/mol. The fourth-order valence-electron chi connectivity index (χ4n) is 4.19. The van der Waals surface area contributed by atoms with Crippen molar-refractivity contribution in [2.45, 2.75) is 31.0 Å². The van der Waals surface area contributed by atoms with Crippen molar-refractivity contribution in [2.75, 3.05) is 20.1 Å². The van der Waals surface area contributed by atoms with Gasteiger partial charge in [-0.25, -0.2) is 0 Å². The van der Waals surface area contributed by atoms with E-state index in [9.17, 15) is 20.1 Å². The second-order valence-electron chi connectivity index (χ2n) is 7.51. The molecule has 148 valence electrons. The molecule has 4 rings (SSSR count). The number of likely N-dealkylation sites (tertiary alicyclic amines) is 1. The molecule has 1 unspecified atom stereocenters. The first kappa shape index (κ1) is 19.1. The standard InChI is InChI=1S/C21H22ClNO5/c1-23-7-6-12(17(27)10-23)19-14(24)8-15(25)20-16(26)9-18(28-21(19)20)11-4-2-3-5-13(11)22/h2-5,8,12,17-18,24-25,27H,6-7,9-10H2,1H3/t12-,17+,18?/m1/s1. The maximum absolute atomic E-state index is 12.8. The molecule has 0 spiro atoms. The van der Waals surface area contributed by atoms with Crippen molar-refractivity contribution >= 4 is 17.4 Å². The van der Waals surface area contributed by atoms with Gasteiger partial charge in [-0.15, -0.1) is 0 Å². The van der Waals surface area contributed by atoms with Crippen molar-refractivity contribution in [2.24, 2.45) is 0 Å². The van der Waals surface area contributed by atoms with E-state index in [-0.39, 0.29) is 35.0 Å². The minimum atomic E-state index is -0.724. The molecule has 1 fully saturated rings. The Morgan fingerprint density at radius 2 is 1.96 bits per heavy atom. The summed E-state index contributed by atoms with van der Waals surface area (Å²) >= 11 is 6.29. The van der Waals surface area contributed by atoms with Gasteiger partial charge in [0.2, 0.25) is 0 Å². The van der Waals surface area contributed by atoms with Gasteiger partial charge in [0.1, 0.15) is 28.9 Å². The number of aliphatic hydroxyl groups excluding tert-OH is 1. The van der Waals surface area contributed by atoms with Gasteiger partial charge in [0.05, 0.1) is 12.5 Å². The molecule has 0 radical (unpaired) electrons. The third kappa shape index (κ3) is 3.21. The number of piperidine rings is 1. The number of ketones is 1. The van der Waals surface area contributed by atoms with Gasteiger partial charge in [-0.2, -0.15) is 0 Å². The van der Waals surface area contributed by atoms with Gasteiger partial charge in [-0.05, 0) is 26.1 Å². The Bertz CT molecular complexity index is 931. The van der Waals surface area contributed by atoms with Gasteiger partial charge in [-0.1, -0.05) is 29.8 Å². The van der Waals surface area contributed by atoms with Crippen molar-refractivity contribution < 1.29 is 24.9 Å². The number of phenolic OH excluding ortho intramolecular Hbond substituents is 2. The van der Waals surface area contributed by atoms with Crippen LogP contribution in [0.1, 0.15) is 46.3 Å². The molecule has 0 aliphatic carbocycles. The summed E-state index contributed by atoms with van der Waals surface area (Å²) in [4.78, 5) is 14.8. The Morgan fingerprint density at radius 1 is 1.21 bits per heavy atom. The SMILES string of the molecule is CN1CC[C@@H](c2c(O)cc(O)c3c2OC(c2ccccc2Cl)CC3=O)[C@@H](O)C1. The van der Waals surface area contributed by atoms with Crippen LogP contribution in [0.15, 0.2) is 30.3 Å². The number of rotatable bonds is 2. The van der Waals surface area contributed by atoms with Crippen LogP contribution in [0, 0.1) is 0 Å². The van der Waals surface area contributed by atoms with E-state index in [1.165, 1.54) is 0 Å². The molecule has 2 aliphatic rings. The van der Waals surface area contributed by atoms with Crippen LogP contribution in [0.2, 0.25) is 5.02 Å². The highest BCUT2D eigenvalue weighted by atomic mass is 35.5. The highest BCUT2D eigenvalue weighted by Crippen LogP contribution is 2.50. The van der Waals surface area contributed by atoms with Crippen molar-refractivity contribution in [3.8, 4) is 17.2 Å². The number of halogens is 1. The van der Waals surface area contributed by atoms with Crippen LogP contribution < -0.4 is 4.74 Å². The van der Waals surface area contributed by atoms with E-state index in [1.807, 2.05) is 18.0 Å². The molecule has 2 aromatic rings. The van der Waals surface area contributed by atoms with E-state index in [2.05, 4.69) is 0 Å². The Morgan fingerprint density at radius 3 is 2.68 bits per heavy atom. The Hall–Kier alpha value is -2.28. The van der Waals surface area contributed by atoms with Gasteiger partial charge in [0.15, 0.2) is 5.78 Å². The van der Waals surface area contributed by atoms with E-state index in [0.29, 0.717) is 29.1 Å². The monoisotopic (exact) mass is 403 g/mol. The quantitative estimate of drug-likeness (QED) is 0.713. The van der Waals surface area contributed by atoms with Crippen LogP contribution in [0.5, 0.6) is 17.2 Å². The summed E-state index contributed by atoms with van der Waals surface area (Å²) in [5.41, 5.74) is 1.10. The summed E-state index contributed by atoms with van der Waals surface area (Å²) in [5.74, 6) is -1.04. The number of nitrogens with zero attached hydrogens (tertiary/aromatic N) is 1. The average molecular weight is 404 g/mol. The summed E-state index contributed by atoms with van der Waals surface area (Å²) < 4.78 is 6.14. The normalized spacial score (nSPS) is 25.2. The molecule has 1 saturated heterocycles. The minimum Gasteiger partial charge on any atom is -0.507 e. The summed E-state index contributed by atoms with van der Waals surface area (Å²) in [6.07, 6.45) is -0.726. The number of hydrogen-bond acceptors (Lipinski definition) is 6. The number of aliphatic hydroxyl groups is 1. The second kappa shape index (κ2) is 7.28. The first-order chi connectivity index (χ1) is 13.4. The largest absolute Gasteiger partial charge is 0.507 e. The van der Waals surface area contributed by atoms with Crippen molar-refractivity contribution in [3.63, 3.8) is 0 Å². The van der Waals surface area contributed by atoms with E-state index in [0.717, 1.165) is 12.6 Å². The smallest absolute Gasteiger partial charge is 0.174 e. The Labute approximate surface area is 167 Å². The molecule has 28 heavy (non-hydrogen) atoms. The lowest BCUT2D eigenvalue weighted by atomic mass is 9.83. The molecule has 2 aliphatic heterocycles. The number of likely N-dealkylation sites (N-methyl/N-ethyl adjacent to an activating group) is 1. The van der Waals surface area contributed by atoms with Crippen LogP contribution in [0.4, 0.5) is 0 Å². The summed E-state index contributed by atoms with van der Waals surface area (Å²) in [7, 11) is 1.92. The third-order valence-corrected chi connectivity index (χ3v) is 5.94. The second-order valence-corrected chi connectivity index (χ2v) is 7.92. The zero-order chi connectivity index (χ0) is 20.0. The van der Waals surface area contributed by atoms with Crippen LogP contribution in [0.25, 0.3) is 0 Å². The fourth-order valence-corrected chi connectivity index (χ4v) is 4.44. The molecule has 3 N–H and O–H groups in total. The predicted octanol–water partition coefficient (Wildman–Crippen LogP) is 3.24. The fraction of sp³-hybridized carbons (Fsp3) is 0.381. The highest BCUT2D eigenvalue weighted by molar-refractivity contribution is 6.31. The number of fused-ring (bicyclic) bond motifs is 1. The van der Waals surface area contributed by atoms with E-state index >= 15 is 0 Å². The molecule has 0 aromatic heterocycles. The van der Waals surface area contributed by atoms with Crippen LogP contribution >= 0.6 is 11.6 Å². The van der Waals surface area contributed by atoms with Crippen molar-refractivity contribution in [1.82, 2.24) is 4.90 Å². The van der Waals surface area contributed by atoms with Crippen LogP contribution in [-0.2, 0) is 0 Å². The lowest BCUT2D eigenvalue weighted by Gasteiger charge is -2.37. The topological polar surface area (TPSA) is 90.2 Å². The summed E-state index contributed by atoms with van der Waals surface area (Å²) in [6, 6.07) is 8.28. The summed E-state index contributed by atoms with van der Waals surface area (Å²) in [5, 5.41) is 32.0. The van der Waals surface area contributed by atoms with Crippen molar-refractivity contribution in [3.05, 3.63) is 52.0 Å². The zero-order valence-electron chi connectivity index (χ0n) is 15.4. The van der Waals surface area contributed by atoms with Crippen LogP contribution in [-0.4, -0.2) is 52.2 Å². The maximum Gasteiger partial charge on any atom is 0.174 e. The number of β-amino-alcohol motifs (C(OH)–C–C–N with tert-alkyl or cyclic N) is 1. The maximum atomic E-state index is 12.8. The van der Waals surface area contributed by atoms with Crippen LogP contribution in [0.3, 0.4) is 0 Å². The first-order valence-electron chi connectivity index (χ1n) is 9.26. The molecular weight excluding hydrogens is 382 g/mol. The third-order valence-electron chi connectivity index (χ3n) is 5.59. The number of Topliss-reactive ketones (excluding diaryl/α,β-unsaturated/α-hetero) is 1. The molecule has 2 heterocycles. The van der Waals surface area contributed by atoms with Gasteiger partial charge in [-0.3, -0.25) is 4.79 Å². The molecule has 0 bridgehead atoms. The van der Waals surface area contributed by atoms with Crippen molar-refractivity contribution in [1.29, 1.82) is 0 Å². The average Bonchev–Trinajstić information content (AvgIpc) is 2.63. The number of benzene rings is 2. The molecule has 2 aromatic carbocycles. The number of ether oxygens (including phenoxy) is 1. The van der Waals surface area contributed by atoms with E-state index in [4.69, 9.17) is 16.3 Å². The number of carbonyl (C=O) groups is 1. The van der Waals surface area contributed by atoms with Gasteiger partial charge >= 0.3 is 0 Å². The van der Waals surface area contributed by atoms with Gasteiger partial charge < -0.3 is 25.0 Å². The highest BCUT2D eigenvalue weighted by Gasteiger charge is 2.39. The lowest BCUT2D eigenvalue weighted by Crippen LogP contribution is -2.40. The zero-order valence-corrected chi connectivity index (χ0v) is 16.2. The van der Waals surface area contributed by atoms with Gasteiger partial charge in [0, 0.05) is 34.7 Å². The molecule has 0 saturated carbocycles. The minimum absolute atomic E-state index is 0.0322. The van der Waals surface area contributed by atoms with E-state index < -0.39 is 18.1 Å². The van der Waals surface area contributed by atoms with E-state index in [1.54, 1.807) is 18.2 Å². The Kier molecular flexibility index (Phi) is 4.95. The first-order valence-corrected chi connectivity index (χ1v) is 9.64.